The minimum atomic E-state index is -1.69. The van der Waals surface area contributed by atoms with Crippen LogP contribution in [0.3, 0.4) is 0 Å². The van der Waals surface area contributed by atoms with E-state index in [0.717, 1.165) is 5.56 Å². The van der Waals surface area contributed by atoms with Crippen LogP contribution in [-0.4, -0.2) is 45.1 Å². The Bertz CT molecular complexity index is 1140. The highest BCUT2D eigenvalue weighted by Crippen LogP contribution is 2.41. The molecule has 9 nitrogen and oxygen atoms in total. The van der Waals surface area contributed by atoms with Crippen molar-refractivity contribution >= 4 is 11.9 Å². The molecule has 1 aromatic carbocycles. The lowest BCUT2D eigenvalue weighted by Crippen LogP contribution is -2.52. The molecule has 2 aromatic heterocycles. The van der Waals surface area contributed by atoms with E-state index in [1.54, 1.807) is 36.7 Å². The molecule has 0 atom stereocenters. The van der Waals surface area contributed by atoms with E-state index in [0.29, 0.717) is 17.0 Å². The number of primary amides is 1. The molecule has 0 spiro atoms. The summed E-state index contributed by atoms with van der Waals surface area (Å²) in [6.45, 7) is 1.05. The number of hydrogen-bond donors (Lipinski definition) is 3. The molecule has 0 aliphatic carbocycles. The molecule has 1 fully saturated rings. The van der Waals surface area contributed by atoms with Crippen LogP contribution < -0.4 is 5.73 Å². The Morgan fingerprint density at radius 3 is 2.31 bits per heavy atom. The summed E-state index contributed by atoms with van der Waals surface area (Å²) in [6, 6.07) is 9.29. The monoisotopic (exact) mass is 440 g/mol. The summed E-state index contributed by atoms with van der Waals surface area (Å²) in [5, 5.41) is 9.48. The normalized spacial score (nSPS) is 23.1. The third-order valence-corrected chi connectivity index (χ3v) is 5.32. The van der Waals surface area contributed by atoms with Gasteiger partial charge in [-0.2, -0.15) is 0 Å². The van der Waals surface area contributed by atoms with E-state index in [-0.39, 0.29) is 25.5 Å². The van der Waals surface area contributed by atoms with E-state index >= 15 is 0 Å². The number of nitrogens with one attached hydrogen (secondary N) is 1. The molecule has 32 heavy (non-hydrogen) atoms. The minimum absolute atomic E-state index is 0.148. The first kappa shape index (κ1) is 21.6. The van der Waals surface area contributed by atoms with Gasteiger partial charge in [-0.3, -0.25) is 14.6 Å². The molecular formula is C22H21FN4O5. The third-order valence-electron chi connectivity index (χ3n) is 5.32. The molecule has 1 amide bonds. The molecular weight excluding hydrogens is 419 g/mol. The summed E-state index contributed by atoms with van der Waals surface area (Å²) < 4.78 is 25.1. The summed E-state index contributed by atoms with van der Waals surface area (Å²) in [6.07, 6.45) is 2.83. The Morgan fingerprint density at radius 1 is 1.12 bits per heavy atom. The van der Waals surface area contributed by atoms with Gasteiger partial charge in [0.2, 0.25) is 11.7 Å². The number of pyridine rings is 1. The number of ether oxygens (including phenoxy) is 2. The standard InChI is InChI=1S/C22H21FN4O5/c1-21(20(29)30)11-31-22(32-12-21,10-16(24)28)19-26-17(13-2-4-15(23)5-3-13)18(27-19)14-6-8-25-9-7-14/h2-9H,10-12H2,1H3,(H2,24,28)(H,26,27)(H,29,30). The largest absolute Gasteiger partial charge is 0.481 e. The van der Waals surface area contributed by atoms with E-state index in [9.17, 15) is 19.1 Å². The fourth-order valence-corrected chi connectivity index (χ4v) is 3.41. The van der Waals surface area contributed by atoms with Crippen molar-refractivity contribution in [2.45, 2.75) is 19.1 Å². The van der Waals surface area contributed by atoms with Crippen LogP contribution >= 0.6 is 0 Å². The zero-order valence-corrected chi connectivity index (χ0v) is 17.2. The molecule has 4 N–H and O–H groups in total. The topological polar surface area (TPSA) is 140 Å². The van der Waals surface area contributed by atoms with Crippen molar-refractivity contribution in [3.05, 3.63) is 60.4 Å². The van der Waals surface area contributed by atoms with Gasteiger partial charge in [-0.1, -0.05) is 0 Å². The number of aliphatic carboxylic acids is 1. The predicted molar refractivity (Wildman–Crippen MR) is 110 cm³/mol. The summed E-state index contributed by atoms with van der Waals surface area (Å²) in [4.78, 5) is 35.2. The summed E-state index contributed by atoms with van der Waals surface area (Å²) in [7, 11) is 0. The van der Waals surface area contributed by atoms with Crippen LogP contribution in [0.1, 0.15) is 19.2 Å². The predicted octanol–water partition coefficient (Wildman–Crippen LogP) is 2.44. The number of hydrogen-bond acceptors (Lipinski definition) is 6. The second kappa shape index (κ2) is 8.13. The fourth-order valence-electron chi connectivity index (χ4n) is 3.41. The molecule has 0 saturated carbocycles. The number of rotatable bonds is 6. The molecule has 4 rings (SSSR count). The molecule has 0 bridgehead atoms. The SMILES string of the molecule is CC1(C(=O)O)COC(CC(N)=O)(c2nc(-c3ccc(F)cc3)c(-c3ccncc3)[nH]2)OC1. The Balaban J connectivity index is 1.83. The van der Waals surface area contributed by atoms with Crippen molar-refractivity contribution in [3.8, 4) is 22.5 Å². The second-order valence-corrected chi connectivity index (χ2v) is 7.89. The highest BCUT2D eigenvalue weighted by Gasteiger charge is 2.50. The molecule has 0 unspecified atom stereocenters. The Hall–Kier alpha value is -3.63. The molecule has 3 aromatic rings. The van der Waals surface area contributed by atoms with E-state index in [2.05, 4.69) is 15.0 Å². The van der Waals surface area contributed by atoms with Gasteiger partial charge in [-0.25, -0.2) is 9.37 Å². The van der Waals surface area contributed by atoms with Crippen LogP contribution in [0.25, 0.3) is 22.5 Å². The van der Waals surface area contributed by atoms with Gasteiger partial charge in [0, 0.05) is 23.5 Å². The second-order valence-electron chi connectivity index (χ2n) is 7.89. The molecule has 1 saturated heterocycles. The van der Waals surface area contributed by atoms with Crippen molar-refractivity contribution in [1.29, 1.82) is 0 Å². The number of carboxylic acid groups (broad SMARTS) is 1. The van der Waals surface area contributed by atoms with Crippen molar-refractivity contribution in [1.82, 2.24) is 15.0 Å². The number of carbonyl (C=O) groups is 2. The van der Waals surface area contributed by atoms with E-state index in [1.165, 1.54) is 19.1 Å². The van der Waals surface area contributed by atoms with E-state index in [1.807, 2.05) is 0 Å². The van der Waals surface area contributed by atoms with Crippen LogP contribution in [0.2, 0.25) is 0 Å². The summed E-state index contributed by atoms with van der Waals surface area (Å²) in [5.74, 6) is -3.74. The Morgan fingerprint density at radius 2 is 1.75 bits per heavy atom. The smallest absolute Gasteiger partial charge is 0.314 e. The summed E-state index contributed by atoms with van der Waals surface area (Å²) >= 11 is 0. The molecule has 1 aliphatic rings. The van der Waals surface area contributed by atoms with Gasteiger partial charge in [0.1, 0.15) is 11.2 Å². The number of carboxylic acids is 1. The first-order valence-electron chi connectivity index (χ1n) is 9.79. The third kappa shape index (κ3) is 3.97. The molecule has 166 valence electrons. The lowest BCUT2D eigenvalue weighted by Gasteiger charge is -2.41. The number of imidazole rings is 1. The number of H-pyrrole nitrogens is 1. The van der Waals surface area contributed by atoms with Crippen LogP contribution in [0, 0.1) is 11.2 Å². The maximum absolute atomic E-state index is 13.5. The fraction of sp³-hybridized carbons (Fsp3) is 0.273. The molecule has 1 aliphatic heterocycles. The highest BCUT2D eigenvalue weighted by molar-refractivity contribution is 5.79. The Labute approximate surface area is 182 Å². The van der Waals surface area contributed by atoms with Gasteiger partial charge in [-0.05, 0) is 43.3 Å². The first-order valence-corrected chi connectivity index (χ1v) is 9.79. The van der Waals surface area contributed by atoms with Crippen LogP contribution in [0.5, 0.6) is 0 Å². The number of aromatic amines is 1. The zero-order valence-electron chi connectivity index (χ0n) is 17.2. The lowest BCUT2D eigenvalue weighted by atomic mass is 9.91. The maximum Gasteiger partial charge on any atom is 0.314 e. The lowest BCUT2D eigenvalue weighted by molar-refractivity contribution is -0.310. The van der Waals surface area contributed by atoms with Crippen LogP contribution in [-0.2, 0) is 24.8 Å². The number of benzene rings is 1. The van der Waals surface area contributed by atoms with Gasteiger partial charge in [0.05, 0.1) is 31.0 Å². The first-order chi connectivity index (χ1) is 15.2. The van der Waals surface area contributed by atoms with Gasteiger partial charge >= 0.3 is 5.97 Å². The van der Waals surface area contributed by atoms with E-state index in [4.69, 9.17) is 15.2 Å². The van der Waals surface area contributed by atoms with Crippen molar-refractivity contribution < 1.29 is 28.6 Å². The van der Waals surface area contributed by atoms with E-state index < -0.39 is 28.9 Å². The number of nitrogens with two attached hydrogens (primary N) is 1. The number of carbonyl (C=O) groups excluding carboxylic acids is 1. The van der Waals surface area contributed by atoms with Gasteiger partial charge in [0.15, 0.2) is 5.82 Å². The Kier molecular flexibility index (Phi) is 5.49. The maximum atomic E-state index is 13.5. The molecule has 0 radical (unpaired) electrons. The quantitative estimate of drug-likeness (QED) is 0.535. The van der Waals surface area contributed by atoms with Crippen molar-refractivity contribution in [2.75, 3.05) is 13.2 Å². The average molecular weight is 440 g/mol. The van der Waals surface area contributed by atoms with Crippen molar-refractivity contribution in [3.63, 3.8) is 0 Å². The number of amides is 1. The van der Waals surface area contributed by atoms with Gasteiger partial charge in [0.25, 0.3) is 0 Å². The molecule has 10 heteroatoms. The zero-order chi connectivity index (χ0) is 22.9. The highest BCUT2D eigenvalue weighted by atomic mass is 19.1. The van der Waals surface area contributed by atoms with Crippen LogP contribution in [0.15, 0.2) is 48.8 Å². The average Bonchev–Trinajstić information content (AvgIpc) is 3.22. The van der Waals surface area contributed by atoms with Crippen LogP contribution in [0.4, 0.5) is 4.39 Å². The number of aromatic nitrogens is 3. The van der Waals surface area contributed by atoms with Crippen molar-refractivity contribution in [2.24, 2.45) is 11.1 Å². The van der Waals surface area contributed by atoms with Gasteiger partial charge in [-0.15, -0.1) is 0 Å². The summed E-state index contributed by atoms with van der Waals surface area (Å²) in [5.41, 5.74) is 6.54. The molecule has 3 heterocycles. The number of halogens is 1. The number of nitrogens with zero attached hydrogens (tertiary/aromatic N) is 2. The van der Waals surface area contributed by atoms with Gasteiger partial charge < -0.3 is 25.3 Å². The minimum Gasteiger partial charge on any atom is -0.481 e.